The lowest BCUT2D eigenvalue weighted by Crippen LogP contribution is -1.99. The molecule has 0 bridgehead atoms. The zero-order valence-electron chi connectivity index (χ0n) is 9.35. The fourth-order valence-corrected chi connectivity index (χ4v) is 2.18. The summed E-state index contributed by atoms with van der Waals surface area (Å²) in [5.41, 5.74) is 2.59. The summed E-state index contributed by atoms with van der Waals surface area (Å²) >= 11 is 6.10. The second-order valence-electron chi connectivity index (χ2n) is 3.96. The zero-order chi connectivity index (χ0) is 12.5. The van der Waals surface area contributed by atoms with E-state index in [1.807, 2.05) is 24.3 Å². The fraction of sp³-hybridized carbons (Fsp3) is 0. The van der Waals surface area contributed by atoms with E-state index in [0.717, 1.165) is 16.6 Å². The zero-order valence-corrected chi connectivity index (χ0v) is 10.1. The molecule has 0 amide bonds. The molecule has 0 radical (unpaired) electrons. The third-order valence-electron chi connectivity index (χ3n) is 2.84. The molecule has 18 heavy (non-hydrogen) atoms. The van der Waals surface area contributed by atoms with Crippen LogP contribution in [0.2, 0.25) is 5.02 Å². The van der Waals surface area contributed by atoms with Crippen LogP contribution in [0.25, 0.3) is 22.0 Å². The van der Waals surface area contributed by atoms with Crippen LogP contribution in [0, 0.1) is 0 Å². The summed E-state index contributed by atoms with van der Waals surface area (Å²) in [6, 6.07) is 9.00. The Morgan fingerprint density at radius 1 is 1.17 bits per heavy atom. The number of nitrogens with one attached hydrogen (secondary N) is 1. The molecule has 0 saturated heterocycles. The molecule has 88 valence electrons. The van der Waals surface area contributed by atoms with Crippen LogP contribution in [0.4, 0.5) is 0 Å². The molecule has 0 spiro atoms. The molecule has 0 atom stereocenters. The van der Waals surface area contributed by atoms with Crippen molar-refractivity contribution in [1.29, 1.82) is 0 Å². The highest BCUT2D eigenvalue weighted by molar-refractivity contribution is 6.33. The van der Waals surface area contributed by atoms with Crippen molar-refractivity contribution in [2.45, 2.75) is 0 Å². The van der Waals surface area contributed by atoms with Gasteiger partial charge in [-0.15, -0.1) is 0 Å². The lowest BCUT2D eigenvalue weighted by Gasteiger charge is -2.05. The summed E-state index contributed by atoms with van der Waals surface area (Å²) in [4.78, 5) is 18.8. The Balaban J connectivity index is 2.29. The van der Waals surface area contributed by atoms with E-state index in [1.54, 1.807) is 18.6 Å². The molecule has 1 aromatic carbocycles. The molecule has 0 aliphatic carbocycles. The van der Waals surface area contributed by atoms with Crippen LogP contribution < -0.4 is 5.43 Å². The summed E-state index contributed by atoms with van der Waals surface area (Å²) in [7, 11) is 0. The number of aromatic nitrogens is 2. The lowest BCUT2D eigenvalue weighted by atomic mass is 10.0. The maximum Gasteiger partial charge on any atom is 0.189 e. The number of pyridine rings is 2. The molecular formula is C14H9ClN2O. The van der Waals surface area contributed by atoms with Gasteiger partial charge in [-0.2, -0.15) is 0 Å². The molecule has 0 saturated carbocycles. The largest absolute Gasteiger partial charge is 0.361 e. The number of hydrogen-bond donors (Lipinski definition) is 1. The van der Waals surface area contributed by atoms with E-state index in [9.17, 15) is 4.79 Å². The second-order valence-corrected chi connectivity index (χ2v) is 4.37. The Kier molecular flexibility index (Phi) is 2.61. The van der Waals surface area contributed by atoms with Gasteiger partial charge in [0.05, 0.1) is 5.02 Å². The van der Waals surface area contributed by atoms with Gasteiger partial charge in [-0.1, -0.05) is 17.7 Å². The second kappa shape index (κ2) is 4.27. The molecule has 0 fully saturated rings. The minimum absolute atomic E-state index is 0.00391. The third-order valence-corrected chi connectivity index (χ3v) is 3.14. The molecule has 3 rings (SSSR count). The lowest BCUT2D eigenvalue weighted by molar-refractivity contribution is 1.33. The van der Waals surface area contributed by atoms with Crippen molar-refractivity contribution in [1.82, 2.24) is 9.97 Å². The van der Waals surface area contributed by atoms with Crippen LogP contribution in [0.15, 0.2) is 53.7 Å². The van der Waals surface area contributed by atoms with Crippen molar-refractivity contribution in [2.24, 2.45) is 0 Å². The van der Waals surface area contributed by atoms with Gasteiger partial charge in [0.2, 0.25) is 0 Å². The van der Waals surface area contributed by atoms with E-state index >= 15 is 0 Å². The smallest absolute Gasteiger partial charge is 0.189 e. The predicted molar refractivity (Wildman–Crippen MR) is 72.8 cm³/mol. The first-order valence-electron chi connectivity index (χ1n) is 5.47. The summed E-state index contributed by atoms with van der Waals surface area (Å²) in [6.07, 6.45) is 4.92. The number of nitrogens with zero attached hydrogens (tertiary/aromatic N) is 1. The topological polar surface area (TPSA) is 45.8 Å². The van der Waals surface area contributed by atoms with E-state index in [0.29, 0.717) is 10.4 Å². The van der Waals surface area contributed by atoms with Crippen LogP contribution in [-0.4, -0.2) is 9.97 Å². The number of aromatic amines is 1. The molecule has 4 heteroatoms. The highest BCUT2D eigenvalue weighted by Crippen LogP contribution is 2.27. The average molecular weight is 257 g/mol. The summed E-state index contributed by atoms with van der Waals surface area (Å²) in [5, 5.41) is 1.23. The minimum atomic E-state index is -0.00391. The van der Waals surface area contributed by atoms with Gasteiger partial charge in [0.25, 0.3) is 0 Å². The molecule has 0 aliphatic rings. The number of benzene rings is 1. The van der Waals surface area contributed by atoms with E-state index < -0.39 is 0 Å². The van der Waals surface area contributed by atoms with Crippen LogP contribution >= 0.6 is 11.6 Å². The molecule has 3 nitrogen and oxygen atoms in total. The van der Waals surface area contributed by atoms with Crippen LogP contribution in [0.1, 0.15) is 0 Å². The number of halogens is 1. The Labute approximate surface area is 108 Å². The minimum Gasteiger partial charge on any atom is -0.361 e. The normalized spacial score (nSPS) is 10.7. The summed E-state index contributed by atoms with van der Waals surface area (Å²) < 4.78 is 0. The van der Waals surface area contributed by atoms with E-state index in [-0.39, 0.29) is 5.43 Å². The van der Waals surface area contributed by atoms with Crippen LogP contribution in [0.3, 0.4) is 0 Å². The molecule has 1 N–H and O–H groups in total. The number of fused-ring (bicyclic) bond motifs is 1. The maximum absolute atomic E-state index is 11.8. The van der Waals surface area contributed by atoms with Gasteiger partial charge >= 0.3 is 0 Å². The molecule has 2 heterocycles. The first-order chi connectivity index (χ1) is 8.75. The quantitative estimate of drug-likeness (QED) is 0.726. The molecule has 0 unspecified atom stereocenters. The van der Waals surface area contributed by atoms with Gasteiger partial charge < -0.3 is 4.98 Å². The standard InChI is InChI=1S/C14H9ClN2O/c15-12-8-16-5-3-10(12)9-1-2-13-11(7-9)14(18)4-6-17-13/h1-8H,(H,17,18). The van der Waals surface area contributed by atoms with Gasteiger partial charge in [-0.05, 0) is 23.8 Å². The number of H-pyrrole nitrogens is 1. The van der Waals surface area contributed by atoms with Gasteiger partial charge in [-0.3, -0.25) is 9.78 Å². The Hall–Kier alpha value is -2.13. The van der Waals surface area contributed by atoms with E-state index in [2.05, 4.69) is 9.97 Å². The molecular weight excluding hydrogens is 248 g/mol. The molecule has 0 aliphatic heterocycles. The van der Waals surface area contributed by atoms with Crippen molar-refractivity contribution in [3.8, 4) is 11.1 Å². The summed E-state index contributed by atoms with van der Waals surface area (Å²) in [6.45, 7) is 0. The molecule has 3 aromatic rings. The van der Waals surface area contributed by atoms with Gasteiger partial charge in [0, 0.05) is 41.1 Å². The first kappa shape index (κ1) is 11.0. The van der Waals surface area contributed by atoms with Gasteiger partial charge in [0.15, 0.2) is 5.43 Å². The Morgan fingerprint density at radius 2 is 2.06 bits per heavy atom. The van der Waals surface area contributed by atoms with Crippen molar-refractivity contribution in [3.05, 3.63) is 64.2 Å². The fourth-order valence-electron chi connectivity index (χ4n) is 1.95. The van der Waals surface area contributed by atoms with Crippen molar-refractivity contribution >= 4 is 22.5 Å². The van der Waals surface area contributed by atoms with Crippen molar-refractivity contribution in [2.75, 3.05) is 0 Å². The Morgan fingerprint density at radius 3 is 2.89 bits per heavy atom. The number of hydrogen-bond acceptors (Lipinski definition) is 2. The van der Waals surface area contributed by atoms with Gasteiger partial charge in [-0.25, -0.2) is 0 Å². The predicted octanol–water partition coefficient (Wildman–Crippen LogP) is 3.24. The Bertz CT molecular complexity index is 780. The molecule has 2 aromatic heterocycles. The summed E-state index contributed by atoms with van der Waals surface area (Å²) in [5.74, 6) is 0. The third kappa shape index (κ3) is 1.79. The first-order valence-corrected chi connectivity index (χ1v) is 5.85. The maximum atomic E-state index is 11.8. The highest BCUT2D eigenvalue weighted by Gasteiger charge is 2.05. The van der Waals surface area contributed by atoms with Crippen LogP contribution in [0.5, 0.6) is 0 Å². The van der Waals surface area contributed by atoms with Crippen molar-refractivity contribution < 1.29 is 0 Å². The highest BCUT2D eigenvalue weighted by atomic mass is 35.5. The monoisotopic (exact) mass is 256 g/mol. The average Bonchev–Trinajstić information content (AvgIpc) is 2.40. The van der Waals surface area contributed by atoms with Gasteiger partial charge in [0.1, 0.15) is 0 Å². The van der Waals surface area contributed by atoms with Crippen LogP contribution in [-0.2, 0) is 0 Å². The van der Waals surface area contributed by atoms with E-state index in [1.165, 1.54) is 6.07 Å². The SMILES string of the molecule is O=c1cc[nH]c2ccc(-c3ccncc3Cl)cc12. The number of rotatable bonds is 1. The van der Waals surface area contributed by atoms with Crippen molar-refractivity contribution in [3.63, 3.8) is 0 Å². The van der Waals surface area contributed by atoms with E-state index in [4.69, 9.17) is 11.6 Å².